The Labute approximate surface area is 84.9 Å². The summed E-state index contributed by atoms with van der Waals surface area (Å²) in [5.74, 6) is 1.00. The van der Waals surface area contributed by atoms with Crippen LogP contribution in [0.25, 0.3) is 0 Å². The molecule has 2 N–H and O–H groups in total. The molecule has 0 bridgehead atoms. The number of furan rings is 1. The van der Waals surface area contributed by atoms with E-state index in [1.165, 1.54) is 12.8 Å². The zero-order valence-corrected chi connectivity index (χ0v) is 8.65. The Morgan fingerprint density at radius 2 is 2.36 bits per heavy atom. The monoisotopic (exact) mass is 194 g/mol. The molecule has 1 aliphatic heterocycles. The average molecular weight is 194 g/mol. The van der Waals surface area contributed by atoms with E-state index in [-0.39, 0.29) is 12.1 Å². The molecule has 78 valence electrons. The molecule has 1 fully saturated rings. The van der Waals surface area contributed by atoms with Crippen LogP contribution in [0.4, 0.5) is 0 Å². The minimum absolute atomic E-state index is 0.202. The van der Waals surface area contributed by atoms with Crippen LogP contribution < -0.4 is 5.73 Å². The van der Waals surface area contributed by atoms with Gasteiger partial charge in [-0.1, -0.05) is 6.42 Å². The smallest absolute Gasteiger partial charge is 0.122 e. The Bertz CT molecular complexity index is 259. The molecule has 1 aliphatic rings. The lowest BCUT2D eigenvalue weighted by molar-refractivity contribution is 0.200. The molecule has 0 aromatic carbocycles. The van der Waals surface area contributed by atoms with E-state index in [0.29, 0.717) is 0 Å². The van der Waals surface area contributed by atoms with Crippen molar-refractivity contribution in [1.29, 1.82) is 0 Å². The van der Waals surface area contributed by atoms with Crippen molar-refractivity contribution >= 4 is 0 Å². The van der Waals surface area contributed by atoms with Crippen molar-refractivity contribution in [2.75, 3.05) is 13.6 Å². The minimum Gasteiger partial charge on any atom is -0.468 e. The van der Waals surface area contributed by atoms with Crippen LogP contribution in [0.5, 0.6) is 0 Å². The molecule has 2 atom stereocenters. The first kappa shape index (κ1) is 9.74. The molecule has 3 nitrogen and oxygen atoms in total. The molecule has 2 unspecified atom stereocenters. The number of nitrogens with zero attached hydrogens (tertiary/aromatic N) is 1. The van der Waals surface area contributed by atoms with Gasteiger partial charge >= 0.3 is 0 Å². The van der Waals surface area contributed by atoms with Crippen LogP contribution in [0.3, 0.4) is 0 Å². The highest BCUT2D eigenvalue weighted by Crippen LogP contribution is 2.28. The van der Waals surface area contributed by atoms with E-state index in [2.05, 4.69) is 11.9 Å². The average Bonchev–Trinajstić information content (AvgIpc) is 2.61. The Hall–Kier alpha value is -0.800. The molecule has 0 amide bonds. The summed E-state index contributed by atoms with van der Waals surface area (Å²) in [6.07, 6.45) is 5.28. The maximum absolute atomic E-state index is 6.16. The fraction of sp³-hybridized carbons (Fsp3) is 0.636. The molecule has 0 aliphatic carbocycles. The van der Waals surface area contributed by atoms with Gasteiger partial charge in [0, 0.05) is 6.04 Å². The lowest BCUT2D eigenvalue weighted by atomic mass is 10.0. The number of likely N-dealkylation sites (N-methyl/N-ethyl adjacent to an activating group) is 1. The van der Waals surface area contributed by atoms with E-state index in [4.69, 9.17) is 10.2 Å². The predicted octanol–water partition coefficient (Wildman–Crippen LogP) is 1.76. The predicted molar refractivity (Wildman–Crippen MR) is 55.9 cm³/mol. The van der Waals surface area contributed by atoms with Crippen LogP contribution in [0.2, 0.25) is 0 Å². The van der Waals surface area contributed by atoms with Crippen LogP contribution in [-0.4, -0.2) is 24.5 Å². The van der Waals surface area contributed by atoms with E-state index in [0.717, 1.165) is 18.7 Å². The summed E-state index contributed by atoms with van der Waals surface area (Å²) in [5.41, 5.74) is 6.16. The normalized spacial score (nSPS) is 30.1. The number of nitrogens with two attached hydrogens (primary N) is 1. The van der Waals surface area contributed by atoms with Gasteiger partial charge in [0.2, 0.25) is 0 Å². The Kier molecular flexibility index (Phi) is 2.89. The minimum atomic E-state index is 0.202. The van der Waals surface area contributed by atoms with Crippen molar-refractivity contribution in [3.05, 3.63) is 24.2 Å². The summed E-state index contributed by atoms with van der Waals surface area (Å²) in [6.45, 7) is 1.11. The largest absolute Gasteiger partial charge is 0.468 e. The Morgan fingerprint density at radius 3 is 3.07 bits per heavy atom. The molecule has 0 saturated carbocycles. The first-order valence-electron chi connectivity index (χ1n) is 5.28. The van der Waals surface area contributed by atoms with Gasteiger partial charge in [0.25, 0.3) is 0 Å². The molecule has 3 heteroatoms. The fourth-order valence-corrected chi connectivity index (χ4v) is 2.25. The third kappa shape index (κ3) is 1.83. The third-order valence-corrected chi connectivity index (χ3v) is 3.01. The Balaban J connectivity index is 2.20. The number of rotatable bonds is 1. The van der Waals surface area contributed by atoms with E-state index in [1.54, 1.807) is 6.26 Å². The van der Waals surface area contributed by atoms with Crippen molar-refractivity contribution < 1.29 is 4.42 Å². The van der Waals surface area contributed by atoms with E-state index >= 15 is 0 Å². The molecule has 1 saturated heterocycles. The lowest BCUT2D eigenvalue weighted by Crippen LogP contribution is -2.37. The second-order valence-corrected chi connectivity index (χ2v) is 4.10. The van der Waals surface area contributed by atoms with Crippen molar-refractivity contribution in [3.63, 3.8) is 0 Å². The quantitative estimate of drug-likeness (QED) is 0.740. The number of hydrogen-bond acceptors (Lipinski definition) is 3. The zero-order valence-electron chi connectivity index (χ0n) is 8.65. The molecular weight excluding hydrogens is 176 g/mol. The van der Waals surface area contributed by atoms with Crippen molar-refractivity contribution in [2.45, 2.75) is 31.3 Å². The maximum atomic E-state index is 6.16. The summed E-state index contributed by atoms with van der Waals surface area (Å²) in [7, 11) is 2.12. The summed E-state index contributed by atoms with van der Waals surface area (Å²) in [5, 5.41) is 0. The molecule has 1 aromatic rings. The van der Waals surface area contributed by atoms with Crippen LogP contribution >= 0.6 is 0 Å². The first-order valence-corrected chi connectivity index (χ1v) is 5.28. The summed E-state index contributed by atoms with van der Waals surface area (Å²) in [6, 6.07) is 4.41. The van der Waals surface area contributed by atoms with Gasteiger partial charge in [0.05, 0.1) is 12.3 Å². The van der Waals surface area contributed by atoms with Gasteiger partial charge < -0.3 is 10.2 Å². The molecule has 1 aromatic heterocycles. The molecule has 0 radical (unpaired) electrons. The van der Waals surface area contributed by atoms with E-state index in [1.807, 2.05) is 12.1 Å². The molecule has 14 heavy (non-hydrogen) atoms. The molecule has 2 heterocycles. The second kappa shape index (κ2) is 4.15. The van der Waals surface area contributed by atoms with Crippen LogP contribution in [0.15, 0.2) is 22.8 Å². The first-order chi connectivity index (χ1) is 6.79. The van der Waals surface area contributed by atoms with Gasteiger partial charge in [-0.2, -0.15) is 0 Å². The van der Waals surface area contributed by atoms with Gasteiger partial charge in [-0.25, -0.2) is 0 Å². The van der Waals surface area contributed by atoms with Crippen molar-refractivity contribution in [3.8, 4) is 0 Å². The van der Waals surface area contributed by atoms with Gasteiger partial charge in [-0.15, -0.1) is 0 Å². The number of hydrogen-bond donors (Lipinski definition) is 1. The molecular formula is C11H18N2O. The second-order valence-electron chi connectivity index (χ2n) is 4.10. The van der Waals surface area contributed by atoms with Gasteiger partial charge in [-0.05, 0) is 38.6 Å². The highest BCUT2D eigenvalue weighted by Gasteiger charge is 2.28. The van der Waals surface area contributed by atoms with E-state index in [9.17, 15) is 0 Å². The fourth-order valence-electron chi connectivity index (χ4n) is 2.25. The van der Waals surface area contributed by atoms with Gasteiger partial charge in [-0.3, -0.25) is 4.90 Å². The SMILES string of the molecule is CN1CCCCC(N)C1c1ccco1. The third-order valence-electron chi connectivity index (χ3n) is 3.01. The summed E-state index contributed by atoms with van der Waals surface area (Å²) in [4.78, 5) is 2.30. The van der Waals surface area contributed by atoms with Gasteiger partial charge in [0.15, 0.2) is 0 Å². The standard InChI is InChI=1S/C11H18N2O/c1-13-7-3-2-5-9(12)11(13)10-6-4-8-14-10/h4,6,8-9,11H,2-3,5,7,12H2,1H3. The highest BCUT2D eigenvalue weighted by molar-refractivity contribution is 5.08. The van der Waals surface area contributed by atoms with Crippen molar-refractivity contribution in [1.82, 2.24) is 4.90 Å². The highest BCUT2D eigenvalue weighted by atomic mass is 16.3. The molecule has 0 spiro atoms. The topological polar surface area (TPSA) is 42.4 Å². The maximum Gasteiger partial charge on any atom is 0.122 e. The van der Waals surface area contributed by atoms with E-state index < -0.39 is 0 Å². The summed E-state index contributed by atoms with van der Waals surface area (Å²) >= 11 is 0. The van der Waals surface area contributed by atoms with Crippen LogP contribution in [-0.2, 0) is 0 Å². The molecule has 2 rings (SSSR count). The lowest BCUT2D eigenvalue weighted by Gasteiger charge is -2.28. The Morgan fingerprint density at radius 1 is 1.50 bits per heavy atom. The van der Waals surface area contributed by atoms with Crippen LogP contribution in [0.1, 0.15) is 31.1 Å². The van der Waals surface area contributed by atoms with Crippen molar-refractivity contribution in [2.24, 2.45) is 5.73 Å². The number of likely N-dealkylation sites (tertiary alicyclic amines) is 1. The zero-order chi connectivity index (χ0) is 9.97. The van der Waals surface area contributed by atoms with Gasteiger partial charge in [0.1, 0.15) is 5.76 Å². The van der Waals surface area contributed by atoms with Crippen LogP contribution in [0, 0.1) is 0 Å². The summed E-state index contributed by atoms with van der Waals surface area (Å²) < 4.78 is 5.45.